The van der Waals surface area contributed by atoms with Crippen LogP contribution in [0.15, 0.2) is 92.4 Å². The minimum atomic E-state index is -0.801. The van der Waals surface area contributed by atoms with Gasteiger partial charge in [0.1, 0.15) is 5.58 Å². The molecule has 0 saturated carbocycles. The summed E-state index contributed by atoms with van der Waals surface area (Å²) in [5, 5.41) is 9.34. The molecule has 38 heavy (non-hydrogen) atoms. The highest BCUT2D eigenvalue weighted by molar-refractivity contribution is 8.00. The Bertz CT molecular complexity index is 1730. The fraction of sp³-hybridized carbons (Fsp3) is 0.107. The van der Waals surface area contributed by atoms with Crippen LogP contribution in [0, 0.1) is 0 Å². The highest BCUT2D eigenvalue weighted by Gasteiger charge is 2.45. The van der Waals surface area contributed by atoms with Crippen LogP contribution in [0.1, 0.15) is 43.6 Å². The van der Waals surface area contributed by atoms with E-state index in [2.05, 4.69) is 10.2 Å². The van der Waals surface area contributed by atoms with E-state index in [0.717, 1.165) is 5.56 Å². The van der Waals surface area contributed by atoms with Crippen LogP contribution in [-0.2, 0) is 10.5 Å². The van der Waals surface area contributed by atoms with Gasteiger partial charge in [0.15, 0.2) is 9.77 Å². The van der Waals surface area contributed by atoms with Gasteiger partial charge < -0.3 is 9.15 Å². The Kier molecular flexibility index (Phi) is 6.26. The first kappa shape index (κ1) is 24.1. The number of methoxy groups -OCH3 is 1. The van der Waals surface area contributed by atoms with Crippen molar-refractivity contribution in [2.24, 2.45) is 0 Å². The number of hydrogen-bond acceptors (Lipinski definition) is 9. The number of amides is 1. The van der Waals surface area contributed by atoms with Crippen LogP contribution < -0.4 is 10.3 Å². The Hall–Kier alpha value is -4.28. The number of rotatable bonds is 6. The van der Waals surface area contributed by atoms with Gasteiger partial charge in [-0.25, -0.2) is 4.79 Å². The molecular weight excluding hydrogens is 522 g/mol. The van der Waals surface area contributed by atoms with E-state index in [4.69, 9.17) is 9.15 Å². The molecule has 0 aliphatic carbocycles. The smallest absolute Gasteiger partial charge is 0.337 e. The average molecular weight is 542 g/mol. The Morgan fingerprint density at radius 2 is 1.74 bits per heavy atom. The molecule has 2 aromatic heterocycles. The number of carbonyl (C=O) groups is 2. The highest BCUT2D eigenvalue weighted by Crippen LogP contribution is 2.43. The molecular formula is C28H19N3O5S2. The van der Waals surface area contributed by atoms with Crippen LogP contribution in [0.25, 0.3) is 11.0 Å². The third-order valence-corrected chi connectivity index (χ3v) is 8.36. The van der Waals surface area contributed by atoms with Crippen molar-refractivity contribution in [3.63, 3.8) is 0 Å². The number of benzene rings is 3. The number of carbonyl (C=O) groups excluding carboxylic acids is 2. The maximum Gasteiger partial charge on any atom is 0.337 e. The van der Waals surface area contributed by atoms with Crippen molar-refractivity contribution in [3.8, 4) is 0 Å². The highest BCUT2D eigenvalue weighted by atomic mass is 32.2. The summed E-state index contributed by atoms with van der Waals surface area (Å²) >= 11 is 2.79. The first-order valence-electron chi connectivity index (χ1n) is 11.6. The molecule has 0 radical (unpaired) electrons. The van der Waals surface area contributed by atoms with Crippen LogP contribution in [0.4, 0.5) is 5.13 Å². The predicted molar refractivity (Wildman–Crippen MR) is 145 cm³/mol. The maximum absolute atomic E-state index is 13.7. The molecule has 1 unspecified atom stereocenters. The molecule has 1 aliphatic rings. The van der Waals surface area contributed by atoms with Gasteiger partial charge in [-0.1, -0.05) is 77.7 Å². The average Bonchev–Trinajstić information content (AvgIpc) is 3.54. The topological polar surface area (TPSA) is 103 Å². The summed E-state index contributed by atoms with van der Waals surface area (Å²) in [5.41, 5.74) is 2.40. The van der Waals surface area contributed by atoms with Crippen LogP contribution in [0.3, 0.4) is 0 Å². The van der Waals surface area contributed by atoms with Gasteiger partial charge in [-0.2, -0.15) is 0 Å². The van der Waals surface area contributed by atoms with Crippen molar-refractivity contribution < 1.29 is 18.7 Å². The zero-order valence-corrected chi connectivity index (χ0v) is 21.6. The number of nitrogens with zero attached hydrogens (tertiary/aromatic N) is 3. The molecule has 1 amide bonds. The SMILES string of the molecule is COC(=O)c1ccc(C2c3c(oc4ccccc4c3=O)C(=O)N2c2nnc(SCc3ccccc3)s2)cc1. The Labute approximate surface area is 224 Å². The van der Waals surface area contributed by atoms with Crippen LogP contribution >= 0.6 is 23.1 Å². The van der Waals surface area contributed by atoms with Crippen molar-refractivity contribution in [3.05, 3.63) is 117 Å². The summed E-state index contributed by atoms with van der Waals surface area (Å²) < 4.78 is 11.5. The maximum atomic E-state index is 13.7. The fourth-order valence-corrected chi connectivity index (χ4v) is 6.25. The normalized spacial score (nSPS) is 14.6. The zero-order valence-electron chi connectivity index (χ0n) is 20.0. The number of aromatic nitrogens is 2. The van der Waals surface area contributed by atoms with Crippen molar-refractivity contribution in [2.45, 2.75) is 16.1 Å². The first-order valence-corrected chi connectivity index (χ1v) is 13.4. The van der Waals surface area contributed by atoms with E-state index in [1.807, 2.05) is 30.3 Å². The molecule has 8 nitrogen and oxygen atoms in total. The van der Waals surface area contributed by atoms with Gasteiger partial charge in [-0.15, -0.1) is 10.2 Å². The van der Waals surface area contributed by atoms with E-state index in [1.54, 1.807) is 48.5 Å². The van der Waals surface area contributed by atoms with Gasteiger partial charge in [0.25, 0.3) is 5.91 Å². The Morgan fingerprint density at radius 3 is 2.50 bits per heavy atom. The lowest BCUT2D eigenvalue weighted by atomic mass is 9.98. The lowest BCUT2D eigenvalue weighted by Crippen LogP contribution is -2.29. The zero-order chi connectivity index (χ0) is 26.2. The third kappa shape index (κ3) is 4.17. The molecule has 5 aromatic rings. The third-order valence-electron chi connectivity index (χ3n) is 6.23. The van der Waals surface area contributed by atoms with Crippen molar-refractivity contribution in [1.82, 2.24) is 10.2 Å². The van der Waals surface area contributed by atoms with Crippen LogP contribution in [0.2, 0.25) is 0 Å². The first-order chi connectivity index (χ1) is 18.5. The lowest BCUT2D eigenvalue weighted by molar-refractivity contribution is 0.0600. The van der Waals surface area contributed by atoms with Crippen LogP contribution in [-0.4, -0.2) is 29.2 Å². The molecule has 0 spiro atoms. The number of anilines is 1. The van der Waals surface area contributed by atoms with E-state index in [0.29, 0.717) is 37.3 Å². The van der Waals surface area contributed by atoms with Crippen molar-refractivity contribution in [2.75, 3.05) is 12.0 Å². The summed E-state index contributed by atoms with van der Waals surface area (Å²) in [6, 6.07) is 22.6. The molecule has 3 aromatic carbocycles. The molecule has 0 bridgehead atoms. The molecule has 0 saturated heterocycles. The lowest BCUT2D eigenvalue weighted by Gasteiger charge is -2.22. The number of ether oxygens (including phenoxy) is 1. The molecule has 1 atom stereocenters. The summed E-state index contributed by atoms with van der Waals surface area (Å²) in [5.74, 6) is -0.274. The summed E-state index contributed by atoms with van der Waals surface area (Å²) in [6.07, 6.45) is 0. The molecule has 188 valence electrons. The van der Waals surface area contributed by atoms with E-state index in [1.165, 1.54) is 35.1 Å². The fourth-order valence-electron chi connectivity index (χ4n) is 4.43. The minimum absolute atomic E-state index is 0.0237. The Morgan fingerprint density at radius 1 is 1.00 bits per heavy atom. The second-order valence-electron chi connectivity index (χ2n) is 8.49. The molecule has 6 rings (SSSR count). The molecule has 0 fully saturated rings. The number of esters is 1. The van der Waals surface area contributed by atoms with E-state index in [-0.39, 0.29) is 16.8 Å². The monoisotopic (exact) mass is 541 g/mol. The van der Waals surface area contributed by atoms with Crippen LogP contribution in [0.5, 0.6) is 0 Å². The molecule has 0 N–H and O–H groups in total. The molecule has 10 heteroatoms. The van der Waals surface area contributed by atoms with Gasteiger partial charge in [0.2, 0.25) is 10.9 Å². The predicted octanol–water partition coefficient (Wildman–Crippen LogP) is 5.47. The summed E-state index contributed by atoms with van der Waals surface area (Å²) in [7, 11) is 1.31. The summed E-state index contributed by atoms with van der Waals surface area (Å²) in [6.45, 7) is 0. The van der Waals surface area contributed by atoms with Crippen molar-refractivity contribution >= 4 is 51.1 Å². The van der Waals surface area contributed by atoms with Crippen molar-refractivity contribution in [1.29, 1.82) is 0 Å². The van der Waals surface area contributed by atoms with Gasteiger partial charge in [0.05, 0.1) is 29.7 Å². The second kappa shape index (κ2) is 9.88. The standard InChI is InChI=1S/C28H19N3O5S2/c1-35-26(34)18-13-11-17(12-14-18)22-21-23(32)19-9-5-6-10-20(19)36-24(21)25(33)31(22)27-29-30-28(38-27)37-15-16-7-3-2-4-8-16/h2-14,22H,15H2,1H3. The largest absolute Gasteiger partial charge is 0.465 e. The number of thioether (sulfide) groups is 1. The van der Waals surface area contributed by atoms with E-state index in [9.17, 15) is 14.4 Å². The second-order valence-corrected chi connectivity index (χ2v) is 10.7. The van der Waals surface area contributed by atoms with E-state index >= 15 is 0 Å². The number of hydrogen-bond donors (Lipinski definition) is 0. The quantitative estimate of drug-likeness (QED) is 0.158. The van der Waals surface area contributed by atoms with Gasteiger partial charge >= 0.3 is 5.97 Å². The van der Waals surface area contributed by atoms with Gasteiger partial charge in [-0.05, 0) is 35.4 Å². The minimum Gasteiger partial charge on any atom is -0.465 e. The number of para-hydroxylation sites is 1. The van der Waals surface area contributed by atoms with Gasteiger partial charge in [0, 0.05) is 5.75 Å². The van der Waals surface area contributed by atoms with Gasteiger partial charge in [-0.3, -0.25) is 14.5 Å². The number of fused-ring (bicyclic) bond motifs is 2. The summed E-state index contributed by atoms with van der Waals surface area (Å²) in [4.78, 5) is 40.8. The Balaban J connectivity index is 1.43. The molecule has 1 aliphatic heterocycles. The van der Waals surface area contributed by atoms with E-state index < -0.39 is 17.9 Å². The molecule has 3 heterocycles.